The highest BCUT2D eigenvalue weighted by atomic mass is 32.2. The van der Waals surface area contributed by atoms with Crippen molar-refractivity contribution in [2.45, 2.75) is 30.2 Å². The third kappa shape index (κ3) is 3.31. The van der Waals surface area contributed by atoms with Crippen LogP contribution in [0.3, 0.4) is 0 Å². The first-order chi connectivity index (χ1) is 9.13. The first kappa shape index (κ1) is 14.0. The van der Waals surface area contributed by atoms with E-state index in [2.05, 4.69) is 32.0 Å². The van der Waals surface area contributed by atoms with Gasteiger partial charge in [-0.05, 0) is 43.2 Å². The lowest BCUT2D eigenvalue weighted by Crippen LogP contribution is -1.99. The van der Waals surface area contributed by atoms with Crippen LogP contribution in [0.5, 0.6) is 5.75 Å². The third-order valence-electron chi connectivity index (χ3n) is 3.04. The summed E-state index contributed by atoms with van der Waals surface area (Å²) in [4.78, 5) is 2.42. The van der Waals surface area contributed by atoms with Crippen LogP contribution in [0.4, 0.5) is 0 Å². The van der Waals surface area contributed by atoms with Crippen molar-refractivity contribution in [1.29, 1.82) is 0 Å². The van der Waals surface area contributed by atoms with Crippen molar-refractivity contribution in [3.05, 3.63) is 53.1 Å². The number of hydrogen-bond donors (Lipinski definition) is 1. The van der Waals surface area contributed by atoms with Crippen molar-refractivity contribution in [1.82, 2.24) is 0 Å². The van der Waals surface area contributed by atoms with E-state index in [1.54, 1.807) is 18.9 Å². The van der Waals surface area contributed by atoms with Gasteiger partial charge in [0, 0.05) is 16.3 Å². The molecule has 0 radical (unpaired) electrons. The van der Waals surface area contributed by atoms with Gasteiger partial charge in [-0.3, -0.25) is 0 Å². The van der Waals surface area contributed by atoms with E-state index >= 15 is 0 Å². The molecule has 0 aromatic heterocycles. The van der Waals surface area contributed by atoms with Gasteiger partial charge in [0.15, 0.2) is 0 Å². The summed E-state index contributed by atoms with van der Waals surface area (Å²) in [6.07, 6.45) is 0. The van der Waals surface area contributed by atoms with Gasteiger partial charge in [-0.15, -0.1) is 0 Å². The van der Waals surface area contributed by atoms with Crippen molar-refractivity contribution >= 4 is 11.8 Å². The van der Waals surface area contributed by atoms with Crippen LogP contribution in [0, 0.1) is 13.8 Å². The number of methoxy groups -OCH3 is 1. The van der Waals surface area contributed by atoms with Crippen molar-refractivity contribution in [3.8, 4) is 5.75 Å². The molecular weight excluding hydrogens is 254 g/mol. The smallest absolute Gasteiger partial charge is 0.120 e. The van der Waals surface area contributed by atoms with Gasteiger partial charge >= 0.3 is 0 Å². The van der Waals surface area contributed by atoms with Crippen LogP contribution in [0.2, 0.25) is 0 Å². The summed E-state index contributed by atoms with van der Waals surface area (Å²) in [6.45, 7) is 4.78. The highest BCUT2D eigenvalue weighted by Gasteiger charge is 2.07. The lowest BCUT2D eigenvalue weighted by molar-refractivity contribution is 0.413. The zero-order valence-electron chi connectivity index (χ0n) is 11.6. The SMILES string of the molecule is COc1ccc(CN)c(Sc2ccc(C)cc2C)c1. The van der Waals surface area contributed by atoms with Crippen LogP contribution in [0.25, 0.3) is 0 Å². The van der Waals surface area contributed by atoms with Crippen molar-refractivity contribution in [3.63, 3.8) is 0 Å². The Labute approximate surface area is 119 Å². The van der Waals surface area contributed by atoms with Crippen LogP contribution in [0.15, 0.2) is 46.2 Å². The molecule has 0 saturated heterocycles. The lowest BCUT2D eigenvalue weighted by atomic mass is 10.2. The number of hydrogen-bond acceptors (Lipinski definition) is 3. The minimum absolute atomic E-state index is 0.539. The number of ether oxygens (including phenoxy) is 1. The molecule has 0 amide bonds. The minimum atomic E-state index is 0.539. The first-order valence-corrected chi connectivity index (χ1v) is 7.07. The van der Waals surface area contributed by atoms with E-state index in [1.807, 2.05) is 18.2 Å². The molecular formula is C16H19NOS. The number of aryl methyl sites for hydroxylation is 2. The Kier molecular flexibility index (Phi) is 4.51. The van der Waals surface area contributed by atoms with Gasteiger partial charge in [-0.2, -0.15) is 0 Å². The molecule has 0 aliphatic heterocycles. The fraction of sp³-hybridized carbons (Fsp3) is 0.250. The maximum absolute atomic E-state index is 5.80. The Morgan fingerprint density at radius 3 is 2.47 bits per heavy atom. The Bertz CT molecular complexity index is 581. The molecule has 0 atom stereocenters. The molecule has 0 fully saturated rings. The summed E-state index contributed by atoms with van der Waals surface area (Å²) in [5, 5.41) is 0. The summed E-state index contributed by atoms with van der Waals surface area (Å²) in [6, 6.07) is 12.5. The molecule has 3 heteroatoms. The van der Waals surface area contributed by atoms with Crippen molar-refractivity contribution in [2.24, 2.45) is 5.73 Å². The molecule has 2 nitrogen and oxygen atoms in total. The summed E-state index contributed by atoms with van der Waals surface area (Å²) >= 11 is 1.74. The predicted octanol–water partition coefficient (Wildman–Crippen LogP) is 3.92. The summed E-state index contributed by atoms with van der Waals surface area (Å²) in [7, 11) is 1.68. The van der Waals surface area contributed by atoms with E-state index < -0.39 is 0 Å². The van der Waals surface area contributed by atoms with Gasteiger partial charge in [0.1, 0.15) is 5.75 Å². The Morgan fingerprint density at radius 2 is 1.84 bits per heavy atom. The number of benzene rings is 2. The van der Waals surface area contributed by atoms with E-state index in [4.69, 9.17) is 10.5 Å². The zero-order valence-corrected chi connectivity index (χ0v) is 12.4. The molecule has 0 spiro atoms. The highest BCUT2D eigenvalue weighted by Crippen LogP contribution is 2.35. The molecule has 2 aromatic carbocycles. The minimum Gasteiger partial charge on any atom is -0.497 e. The van der Waals surface area contributed by atoms with Crippen LogP contribution in [-0.4, -0.2) is 7.11 Å². The average molecular weight is 273 g/mol. The first-order valence-electron chi connectivity index (χ1n) is 6.26. The summed E-state index contributed by atoms with van der Waals surface area (Å²) < 4.78 is 5.29. The fourth-order valence-corrected chi connectivity index (χ4v) is 3.01. The van der Waals surface area contributed by atoms with E-state index in [-0.39, 0.29) is 0 Å². The quantitative estimate of drug-likeness (QED) is 0.917. The normalized spacial score (nSPS) is 10.5. The second kappa shape index (κ2) is 6.13. The zero-order chi connectivity index (χ0) is 13.8. The van der Waals surface area contributed by atoms with Crippen molar-refractivity contribution in [2.75, 3.05) is 7.11 Å². The average Bonchev–Trinajstić information content (AvgIpc) is 2.41. The highest BCUT2D eigenvalue weighted by molar-refractivity contribution is 7.99. The molecule has 100 valence electrons. The van der Waals surface area contributed by atoms with Crippen LogP contribution < -0.4 is 10.5 Å². The topological polar surface area (TPSA) is 35.2 Å². The van der Waals surface area contributed by atoms with E-state index in [9.17, 15) is 0 Å². The van der Waals surface area contributed by atoms with E-state index in [1.165, 1.54) is 16.0 Å². The molecule has 0 unspecified atom stereocenters. The lowest BCUT2D eigenvalue weighted by Gasteiger charge is -2.11. The summed E-state index contributed by atoms with van der Waals surface area (Å²) in [5.74, 6) is 0.865. The molecule has 0 aliphatic rings. The van der Waals surface area contributed by atoms with Crippen LogP contribution >= 0.6 is 11.8 Å². The summed E-state index contributed by atoms with van der Waals surface area (Å²) in [5.41, 5.74) is 9.52. The van der Waals surface area contributed by atoms with Gasteiger partial charge in [0.2, 0.25) is 0 Å². The van der Waals surface area contributed by atoms with Crippen LogP contribution in [0.1, 0.15) is 16.7 Å². The Hall–Kier alpha value is -1.45. The van der Waals surface area contributed by atoms with E-state index in [0.717, 1.165) is 16.2 Å². The Morgan fingerprint density at radius 1 is 1.05 bits per heavy atom. The molecule has 2 aromatic rings. The molecule has 0 aliphatic carbocycles. The standard InChI is InChI=1S/C16H19NOS/c1-11-4-7-15(12(2)8-11)19-16-9-14(18-3)6-5-13(16)10-17/h4-9H,10,17H2,1-3H3. The molecule has 0 saturated carbocycles. The molecule has 19 heavy (non-hydrogen) atoms. The maximum atomic E-state index is 5.80. The maximum Gasteiger partial charge on any atom is 0.120 e. The third-order valence-corrected chi connectivity index (χ3v) is 4.32. The second-order valence-corrected chi connectivity index (χ2v) is 5.63. The van der Waals surface area contributed by atoms with Gasteiger partial charge in [0.25, 0.3) is 0 Å². The Balaban J connectivity index is 2.36. The predicted molar refractivity (Wildman–Crippen MR) is 80.9 cm³/mol. The molecule has 0 bridgehead atoms. The second-order valence-electron chi connectivity index (χ2n) is 4.55. The van der Waals surface area contributed by atoms with Gasteiger partial charge in [-0.25, -0.2) is 0 Å². The van der Waals surface area contributed by atoms with Gasteiger partial charge < -0.3 is 10.5 Å². The monoisotopic (exact) mass is 273 g/mol. The molecule has 0 heterocycles. The number of nitrogens with two attached hydrogens (primary N) is 1. The molecule has 2 N–H and O–H groups in total. The van der Waals surface area contributed by atoms with Crippen molar-refractivity contribution < 1.29 is 4.74 Å². The number of rotatable bonds is 4. The fourth-order valence-electron chi connectivity index (χ4n) is 1.96. The van der Waals surface area contributed by atoms with Crippen LogP contribution in [-0.2, 0) is 6.54 Å². The van der Waals surface area contributed by atoms with Gasteiger partial charge in [0.05, 0.1) is 7.11 Å². The van der Waals surface area contributed by atoms with E-state index in [0.29, 0.717) is 6.54 Å². The molecule has 2 rings (SSSR count). The largest absolute Gasteiger partial charge is 0.497 e. The van der Waals surface area contributed by atoms with Gasteiger partial charge in [-0.1, -0.05) is 35.5 Å².